The monoisotopic (exact) mass is 157 g/mol. The van der Waals surface area contributed by atoms with E-state index in [-0.39, 0.29) is 18.2 Å². The Kier molecular flexibility index (Phi) is 1.67. The van der Waals surface area contributed by atoms with Gasteiger partial charge in [-0.15, -0.1) is 0 Å². The molecule has 0 radical (unpaired) electrons. The SMILES string of the molecule is OC[C@@]12CCCN1CC[C@H]2O. The summed E-state index contributed by atoms with van der Waals surface area (Å²) in [4.78, 5) is 2.23. The Hall–Kier alpha value is -0.120. The molecule has 2 atom stereocenters. The Balaban J connectivity index is 2.22. The van der Waals surface area contributed by atoms with Crippen LogP contribution in [-0.2, 0) is 0 Å². The van der Waals surface area contributed by atoms with E-state index in [1.165, 1.54) is 0 Å². The predicted octanol–water partition coefficient (Wildman–Crippen LogP) is -0.422. The van der Waals surface area contributed by atoms with Crippen molar-refractivity contribution < 1.29 is 10.2 Å². The lowest BCUT2D eigenvalue weighted by atomic mass is 9.92. The lowest BCUT2D eigenvalue weighted by molar-refractivity contribution is 0.00863. The van der Waals surface area contributed by atoms with Gasteiger partial charge < -0.3 is 10.2 Å². The Morgan fingerprint density at radius 1 is 1.45 bits per heavy atom. The van der Waals surface area contributed by atoms with Crippen LogP contribution in [0.15, 0.2) is 0 Å². The summed E-state index contributed by atoms with van der Waals surface area (Å²) in [5.74, 6) is 0. The van der Waals surface area contributed by atoms with Crippen LogP contribution < -0.4 is 0 Å². The molecular formula is C8H15NO2. The molecule has 2 aliphatic rings. The molecule has 0 aliphatic carbocycles. The summed E-state index contributed by atoms with van der Waals surface area (Å²) in [6.45, 7) is 2.13. The minimum atomic E-state index is -0.296. The number of rotatable bonds is 1. The van der Waals surface area contributed by atoms with Crippen molar-refractivity contribution in [1.82, 2.24) is 4.90 Å². The third-order valence-electron chi connectivity index (χ3n) is 3.23. The molecule has 3 heteroatoms. The lowest BCUT2D eigenvalue weighted by Crippen LogP contribution is -2.48. The second-order valence-electron chi connectivity index (χ2n) is 3.66. The molecule has 2 N–H and O–H groups in total. The first-order chi connectivity index (χ1) is 5.29. The fraction of sp³-hybridized carbons (Fsp3) is 1.00. The van der Waals surface area contributed by atoms with Crippen molar-refractivity contribution in [3.8, 4) is 0 Å². The molecule has 0 aromatic rings. The fourth-order valence-corrected chi connectivity index (χ4v) is 2.50. The molecule has 2 aliphatic heterocycles. The smallest absolute Gasteiger partial charge is 0.0758 e. The third-order valence-corrected chi connectivity index (χ3v) is 3.23. The van der Waals surface area contributed by atoms with Crippen LogP contribution in [0.2, 0.25) is 0 Å². The molecule has 64 valence electrons. The van der Waals surface area contributed by atoms with E-state index in [0.717, 1.165) is 32.4 Å². The van der Waals surface area contributed by atoms with Gasteiger partial charge in [0.1, 0.15) is 0 Å². The van der Waals surface area contributed by atoms with Gasteiger partial charge in [0.05, 0.1) is 18.2 Å². The van der Waals surface area contributed by atoms with Crippen LogP contribution in [0.1, 0.15) is 19.3 Å². The van der Waals surface area contributed by atoms with Crippen molar-refractivity contribution in [2.24, 2.45) is 0 Å². The van der Waals surface area contributed by atoms with E-state index in [1.807, 2.05) is 0 Å². The Labute approximate surface area is 66.6 Å². The van der Waals surface area contributed by atoms with Gasteiger partial charge in [-0.3, -0.25) is 4.90 Å². The number of aliphatic hydroxyl groups excluding tert-OH is 2. The number of hydrogen-bond donors (Lipinski definition) is 2. The van der Waals surface area contributed by atoms with Crippen LogP contribution in [0.5, 0.6) is 0 Å². The maximum absolute atomic E-state index is 9.65. The summed E-state index contributed by atoms with van der Waals surface area (Å²) in [7, 11) is 0. The van der Waals surface area contributed by atoms with Crippen molar-refractivity contribution in [2.45, 2.75) is 30.9 Å². The molecule has 0 aromatic carbocycles. The average molecular weight is 157 g/mol. The van der Waals surface area contributed by atoms with Crippen molar-refractivity contribution in [1.29, 1.82) is 0 Å². The first-order valence-electron chi connectivity index (χ1n) is 4.33. The molecule has 0 bridgehead atoms. The number of fused-ring (bicyclic) bond motifs is 1. The second kappa shape index (κ2) is 2.44. The maximum Gasteiger partial charge on any atom is 0.0758 e. The molecule has 0 amide bonds. The highest BCUT2D eigenvalue weighted by Gasteiger charge is 2.50. The molecular weight excluding hydrogens is 142 g/mol. The molecule has 2 heterocycles. The molecule has 2 rings (SSSR count). The summed E-state index contributed by atoms with van der Waals surface area (Å²) in [5.41, 5.74) is -0.250. The van der Waals surface area contributed by atoms with Gasteiger partial charge in [-0.2, -0.15) is 0 Å². The molecule has 2 saturated heterocycles. The molecule has 0 unspecified atom stereocenters. The molecule has 11 heavy (non-hydrogen) atoms. The zero-order valence-corrected chi connectivity index (χ0v) is 6.66. The molecule has 3 nitrogen and oxygen atoms in total. The highest BCUT2D eigenvalue weighted by atomic mass is 16.3. The topological polar surface area (TPSA) is 43.7 Å². The number of nitrogens with zero attached hydrogens (tertiary/aromatic N) is 1. The number of hydrogen-bond acceptors (Lipinski definition) is 3. The van der Waals surface area contributed by atoms with Crippen molar-refractivity contribution in [2.75, 3.05) is 19.7 Å². The minimum Gasteiger partial charge on any atom is -0.394 e. The van der Waals surface area contributed by atoms with Gasteiger partial charge in [0, 0.05) is 6.54 Å². The predicted molar refractivity (Wildman–Crippen MR) is 41.2 cm³/mol. The third kappa shape index (κ3) is 0.849. The average Bonchev–Trinajstić information content (AvgIpc) is 2.53. The van der Waals surface area contributed by atoms with Crippen LogP contribution in [-0.4, -0.2) is 46.5 Å². The second-order valence-corrected chi connectivity index (χ2v) is 3.66. The van der Waals surface area contributed by atoms with E-state index in [2.05, 4.69) is 4.90 Å². The standard InChI is InChI=1S/C8H15NO2/c10-6-8-3-1-4-9(8)5-2-7(8)11/h7,10-11H,1-6H2/t7-,8-/m1/s1. The van der Waals surface area contributed by atoms with Gasteiger partial charge in [0.15, 0.2) is 0 Å². The van der Waals surface area contributed by atoms with Crippen LogP contribution in [0.25, 0.3) is 0 Å². The molecule has 0 aromatic heterocycles. The molecule has 2 fully saturated rings. The van der Waals surface area contributed by atoms with Crippen molar-refractivity contribution >= 4 is 0 Å². The highest BCUT2D eigenvalue weighted by molar-refractivity contribution is 5.05. The van der Waals surface area contributed by atoms with E-state index >= 15 is 0 Å². The quantitative estimate of drug-likeness (QED) is 0.543. The summed E-state index contributed by atoms with van der Waals surface area (Å²) >= 11 is 0. The van der Waals surface area contributed by atoms with E-state index < -0.39 is 0 Å². The van der Waals surface area contributed by atoms with Crippen LogP contribution in [0.3, 0.4) is 0 Å². The minimum absolute atomic E-state index is 0.119. The summed E-state index contributed by atoms with van der Waals surface area (Å²) in [6.07, 6.45) is 2.62. The summed E-state index contributed by atoms with van der Waals surface area (Å²) in [5, 5.41) is 18.8. The van der Waals surface area contributed by atoms with Gasteiger partial charge >= 0.3 is 0 Å². The zero-order chi connectivity index (χ0) is 7.90. The lowest BCUT2D eigenvalue weighted by Gasteiger charge is -2.32. The van der Waals surface area contributed by atoms with Gasteiger partial charge in [-0.1, -0.05) is 0 Å². The van der Waals surface area contributed by atoms with Gasteiger partial charge in [-0.05, 0) is 25.8 Å². The first-order valence-corrected chi connectivity index (χ1v) is 4.33. The Morgan fingerprint density at radius 3 is 2.91 bits per heavy atom. The van der Waals surface area contributed by atoms with E-state index in [4.69, 9.17) is 0 Å². The van der Waals surface area contributed by atoms with Gasteiger partial charge in [0.2, 0.25) is 0 Å². The van der Waals surface area contributed by atoms with Crippen LogP contribution >= 0.6 is 0 Å². The summed E-state index contributed by atoms with van der Waals surface area (Å²) in [6, 6.07) is 0. The highest BCUT2D eigenvalue weighted by Crippen LogP contribution is 2.38. The van der Waals surface area contributed by atoms with Crippen molar-refractivity contribution in [3.05, 3.63) is 0 Å². The van der Waals surface area contributed by atoms with Crippen molar-refractivity contribution in [3.63, 3.8) is 0 Å². The van der Waals surface area contributed by atoms with Gasteiger partial charge in [0.25, 0.3) is 0 Å². The normalized spacial score (nSPS) is 44.7. The van der Waals surface area contributed by atoms with E-state index in [0.29, 0.717) is 0 Å². The van der Waals surface area contributed by atoms with E-state index in [9.17, 15) is 10.2 Å². The van der Waals surface area contributed by atoms with Gasteiger partial charge in [-0.25, -0.2) is 0 Å². The number of aliphatic hydroxyl groups is 2. The van der Waals surface area contributed by atoms with Crippen LogP contribution in [0, 0.1) is 0 Å². The zero-order valence-electron chi connectivity index (χ0n) is 6.66. The fourth-order valence-electron chi connectivity index (χ4n) is 2.50. The summed E-state index contributed by atoms with van der Waals surface area (Å²) < 4.78 is 0. The molecule has 0 spiro atoms. The molecule has 0 saturated carbocycles. The largest absolute Gasteiger partial charge is 0.394 e. The van der Waals surface area contributed by atoms with Crippen LogP contribution in [0.4, 0.5) is 0 Å². The maximum atomic E-state index is 9.65. The Bertz CT molecular complexity index is 162. The van der Waals surface area contributed by atoms with E-state index in [1.54, 1.807) is 0 Å². The first kappa shape index (κ1) is 7.53. The Morgan fingerprint density at radius 2 is 2.27 bits per heavy atom.